The molecule has 2 aromatic heterocycles. The molecular weight excluding hydrogens is 248 g/mol. The van der Waals surface area contributed by atoms with Crippen LogP contribution in [0.2, 0.25) is 0 Å². The van der Waals surface area contributed by atoms with Crippen molar-refractivity contribution in [2.45, 2.75) is 0 Å². The summed E-state index contributed by atoms with van der Waals surface area (Å²) in [5.41, 5.74) is 1.17. The Hall–Kier alpha value is -2.89. The standard InChI is InChI=1S/C13H8N2O4/c16-10-1-2-11-9(5-10)6-12(19-11)8-3-4-14-13(7-8)15(17)18/h1-7,16H. The highest BCUT2D eigenvalue weighted by molar-refractivity contribution is 5.84. The number of furan rings is 1. The van der Waals surface area contributed by atoms with Gasteiger partial charge in [-0.25, -0.2) is 0 Å². The summed E-state index contributed by atoms with van der Waals surface area (Å²) in [7, 11) is 0. The minimum Gasteiger partial charge on any atom is -0.508 e. The highest BCUT2D eigenvalue weighted by Crippen LogP contribution is 2.30. The van der Waals surface area contributed by atoms with Gasteiger partial charge in [-0.15, -0.1) is 0 Å². The zero-order valence-electron chi connectivity index (χ0n) is 9.61. The van der Waals surface area contributed by atoms with Crippen molar-refractivity contribution < 1.29 is 14.4 Å². The molecule has 6 nitrogen and oxygen atoms in total. The summed E-state index contributed by atoms with van der Waals surface area (Å²) in [4.78, 5) is 13.8. The van der Waals surface area contributed by atoms with Crippen LogP contribution in [0.5, 0.6) is 5.75 Å². The molecule has 0 aliphatic carbocycles. The van der Waals surface area contributed by atoms with Gasteiger partial charge in [0.1, 0.15) is 23.3 Å². The maximum absolute atomic E-state index is 10.7. The molecule has 1 aromatic carbocycles. The number of nitro groups is 1. The Kier molecular flexibility index (Phi) is 2.42. The minimum atomic E-state index is -0.558. The lowest BCUT2D eigenvalue weighted by atomic mass is 10.2. The Morgan fingerprint density at radius 3 is 2.84 bits per heavy atom. The molecule has 0 saturated carbocycles. The molecule has 0 bridgehead atoms. The summed E-state index contributed by atoms with van der Waals surface area (Å²) < 4.78 is 5.58. The van der Waals surface area contributed by atoms with Crippen molar-refractivity contribution in [3.63, 3.8) is 0 Å². The quantitative estimate of drug-likeness (QED) is 0.562. The zero-order chi connectivity index (χ0) is 13.4. The van der Waals surface area contributed by atoms with Crippen LogP contribution in [0.4, 0.5) is 5.82 Å². The Labute approximate surface area is 107 Å². The van der Waals surface area contributed by atoms with E-state index in [1.807, 2.05) is 0 Å². The largest absolute Gasteiger partial charge is 0.508 e. The number of benzene rings is 1. The summed E-state index contributed by atoms with van der Waals surface area (Å²) in [5.74, 6) is 0.396. The van der Waals surface area contributed by atoms with E-state index in [4.69, 9.17) is 4.42 Å². The first-order chi connectivity index (χ1) is 9.13. The molecule has 0 saturated heterocycles. The predicted molar refractivity (Wildman–Crippen MR) is 67.8 cm³/mol. The number of phenolic OH excluding ortho intramolecular Hbond substituents is 1. The third-order valence-corrected chi connectivity index (χ3v) is 2.72. The molecule has 1 N–H and O–H groups in total. The lowest BCUT2D eigenvalue weighted by Crippen LogP contribution is -1.91. The number of rotatable bonds is 2. The van der Waals surface area contributed by atoms with Gasteiger partial charge in [0.15, 0.2) is 0 Å². The fourth-order valence-electron chi connectivity index (χ4n) is 1.84. The number of aromatic hydroxyl groups is 1. The van der Waals surface area contributed by atoms with Crippen LogP contribution in [0.25, 0.3) is 22.3 Å². The molecule has 0 aliphatic heterocycles. The van der Waals surface area contributed by atoms with Gasteiger partial charge in [0.25, 0.3) is 0 Å². The van der Waals surface area contributed by atoms with Crippen LogP contribution in [-0.4, -0.2) is 15.0 Å². The van der Waals surface area contributed by atoms with E-state index in [1.54, 1.807) is 24.3 Å². The number of hydrogen-bond donors (Lipinski definition) is 1. The molecule has 3 rings (SSSR count). The average molecular weight is 256 g/mol. The van der Waals surface area contributed by atoms with Crippen molar-refractivity contribution in [1.29, 1.82) is 0 Å². The van der Waals surface area contributed by atoms with Gasteiger partial charge >= 0.3 is 5.82 Å². The Bertz CT molecular complexity index is 779. The maximum atomic E-state index is 10.7. The molecule has 0 radical (unpaired) electrons. The van der Waals surface area contributed by atoms with Crippen LogP contribution in [0.1, 0.15) is 0 Å². The van der Waals surface area contributed by atoms with Crippen LogP contribution in [0.3, 0.4) is 0 Å². The van der Waals surface area contributed by atoms with Crippen LogP contribution >= 0.6 is 0 Å². The van der Waals surface area contributed by atoms with Crippen molar-refractivity contribution in [1.82, 2.24) is 4.98 Å². The molecule has 0 spiro atoms. The molecule has 0 unspecified atom stereocenters. The van der Waals surface area contributed by atoms with E-state index in [2.05, 4.69) is 4.98 Å². The van der Waals surface area contributed by atoms with Crippen molar-refractivity contribution >= 4 is 16.8 Å². The number of fused-ring (bicyclic) bond motifs is 1. The average Bonchev–Trinajstić information content (AvgIpc) is 2.81. The van der Waals surface area contributed by atoms with Crippen molar-refractivity contribution in [2.75, 3.05) is 0 Å². The van der Waals surface area contributed by atoms with Gasteiger partial charge in [0, 0.05) is 17.0 Å². The van der Waals surface area contributed by atoms with Crippen molar-refractivity contribution in [3.05, 3.63) is 52.7 Å². The van der Waals surface area contributed by atoms with Crippen LogP contribution in [-0.2, 0) is 0 Å². The van der Waals surface area contributed by atoms with Gasteiger partial charge in [-0.1, -0.05) is 0 Å². The number of nitrogens with zero attached hydrogens (tertiary/aromatic N) is 2. The van der Waals surface area contributed by atoms with Gasteiger partial charge in [0.2, 0.25) is 0 Å². The van der Waals surface area contributed by atoms with E-state index in [9.17, 15) is 15.2 Å². The van der Waals surface area contributed by atoms with E-state index in [1.165, 1.54) is 18.3 Å². The smallest absolute Gasteiger partial charge is 0.364 e. The van der Waals surface area contributed by atoms with Gasteiger partial charge < -0.3 is 19.6 Å². The summed E-state index contributed by atoms with van der Waals surface area (Å²) in [6.07, 6.45) is 1.36. The van der Waals surface area contributed by atoms with E-state index in [-0.39, 0.29) is 11.6 Å². The molecular formula is C13H8N2O4. The monoisotopic (exact) mass is 256 g/mol. The van der Waals surface area contributed by atoms with E-state index >= 15 is 0 Å². The topological polar surface area (TPSA) is 89.4 Å². The summed E-state index contributed by atoms with van der Waals surface area (Å²) in [6.45, 7) is 0. The minimum absolute atomic E-state index is 0.139. The van der Waals surface area contributed by atoms with Crippen LogP contribution in [0.15, 0.2) is 47.0 Å². The molecule has 19 heavy (non-hydrogen) atoms. The van der Waals surface area contributed by atoms with E-state index < -0.39 is 4.92 Å². The number of hydrogen-bond acceptors (Lipinski definition) is 5. The fourth-order valence-corrected chi connectivity index (χ4v) is 1.84. The third kappa shape index (κ3) is 1.99. The molecule has 94 valence electrons. The van der Waals surface area contributed by atoms with E-state index in [0.717, 1.165) is 5.39 Å². The third-order valence-electron chi connectivity index (χ3n) is 2.72. The second-order valence-corrected chi connectivity index (χ2v) is 3.99. The molecule has 0 fully saturated rings. The number of aromatic nitrogens is 1. The normalized spacial score (nSPS) is 10.7. The predicted octanol–water partition coefficient (Wildman–Crippen LogP) is 3.11. The van der Waals surface area contributed by atoms with Crippen molar-refractivity contribution in [3.8, 4) is 17.1 Å². The SMILES string of the molecule is O=[N+]([O-])c1cc(-c2cc3cc(O)ccc3o2)ccn1. The Morgan fingerprint density at radius 1 is 1.21 bits per heavy atom. The molecule has 2 heterocycles. The number of pyridine rings is 1. The van der Waals surface area contributed by atoms with Crippen molar-refractivity contribution in [2.24, 2.45) is 0 Å². The molecule has 0 aliphatic rings. The second-order valence-electron chi connectivity index (χ2n) is 3.99. The lowest BCUT2D eigenvalue weighted by molar-refractivity contribution is -0.389. The summed E-state index contributed by atoms with van der Waals surface area (Å²) >= 11 is 0. The van der Waals surface area contributed by atoms with E-state index in [0.29, 0.717) is 16.9 Å². The van der Waals surface area contributed by atoms with Gasteiger partial charge in [-0.05, 0) is 40.2 Å². The summed E-state index contributed by atoms with van der Waals surface area (Å²) in [5, 5.41) is 20.8. The fraction of sp³-hybridized carbons (Fsp3) is 0. The highest BCUT2D eigenvalue weighted by Gasteiger charge is 2.12. The van der Waals surface area contributed by atoms with Gasteiger partial charge in [-0.3, -0.25) is 0 Å². The first-order valence-corrected chi connectivity index (χ1v) is 5.47. The molecule has 0 amide bonds. The van der Waals surface area contributed by atoms with Crippen LogP contribution in [0, 0.1) is 10.1 Å². The Morgan fingerprint density at radius 2 is 2.05 bits per heavy atom. The zero-order valence-corrected chi connectivity index (χ0v) is 9.61. The lowest BCUT2D eigenvalue weighted by Gasteiger charge is -1.95. The maximum Gasteiger partial charge on any atom is 0.364 e. The van der Waals surface area contributed by atoms with Gasteiger partial charge in [0.05, 0.1) is 0 Å². The number of phenols is 1. The van der Waals surface area contributed by atoms with Crippen LogP contribution < -0.4 is 0 Å². The summed E-state index contributed by atoms with van der Waals surface area (Å²) in [6, 6.07) is 9.42. The highest BCUT2D eigenvalue weighted by atomic mass is 16.6. The molecule has 3 aromatic rings. The first-order valence-electron chi connectivity index (χ1n) is 5.47. The second kappa shape index (κ2) is 4.09. The first kappa shape index (κ1) is 11.2. The Balaban J connectivity index is 2.13. The molecule has 0 atom stereocenters. The molecule has 6 heteroatoms. The van der Waals surface area contributed by atoms with Gasteiger partial charge in [-0.2, -0.15) is 0 Å².